The molecule has 0 unspecified atom stereocenters. The van der Waals surface area contributed by atoms with E-state index in [9.17, 15) is 9.18 Å². The second-order valence-corrected chi connectivity index (χ2v) is 5.53. The molecule has 1 fully saturated rings. The molecule has 8 heteroatoms. The second kappa shape index (κ2) is 7.22. The summed E-state index contributed by atoms with van der Waals surface area (Å²) in [6.07, 6.45) is 4.77. The zero-order valence-corrected chi connectivity index (χ0v) is 13.0. The number of hydrogen-bond donors (Lipinski definition) is 3. The number of halogens is 1. The standard InChI is InChI=1S/C16H18FN5O2/c17-13-6-11(22-16-20-7-10(8-21-16)15(18)23)3-4-14(13)24-9-12-2-1-5-19-12/h3-4,6-8,12,19H,1-2,5,9H2,(H2,18,23)(H,20,21,22)/t12-/m1/s1. The van der Waals surface area contributed by atoms with Gasteiger partial charge in [-0.2, -0.15) is 0 Å². The molecular weight excluding hydrogens is 313 g/mol. The van der Waals surface area contributed by atoms with E-state index in [1.165, 1.54) is 18.5 Å². The SMILES string of the molecule is NC(=O)c1cnc(Nc2ccc(OC[C@H]3CCCN3)c(F)c2)nc1. The molecule has 0 saturated carbocycles. The molecular formula is C16H18FN5O2. The summed E-state index contributed by atoms with van der Waals surface area (Å²) in [6.45, 7) is 1.43. The number of nitrogens with two attached hydrogens (primary N) is 1. The van der Waals surface area contributed by atoms with Gasteiger partial charge in [0.1, 0.15) is 6.61 Å². The fraction of sp³-hybridized carbons (Fsp3) is 0.312. The molecule has 0 spiro atoms. The number of hydrogen-bond acceptors (Lipinski definition) is 6. The molecule has 1 aliphatic heterocycles. The van der Waals surface area contributed by atoms with Crippen molar-refractivity contribution in [2.45, 2.75) is 18.9 Å². The molecule has 1 atom stereocenters. The Morgan fingerprint density at radius 2 is 2.21 bits per heavy atom. The normalized spacial score (nSPS) is 16.8. The van der Waals surface area contributed by atoms with E-state index in [0.717, 1.165) is 19.4 Å². The third-order valence-electron chi connectivity index (χ3n) is 3.73. The van der Waals surface area contributed by atoms with Crippen LogP contribution in [0.3, 0.4) is 0 Å². The fourth-order valence-corrected chi connectivity index (χ4v) is 2.43. The van der Waals surface area contributed by atoms with Gasteiger partial charge >= 0.3 is 0 Å². The third-order valence-corrected chi connectivity index (χ3v) is 3.73. The number of carbonyl (C=O) groups excluding carboxylic acids is 1. The van der Waals surface area contributed by atoms with E-state index in [1.54, 1.807) is 12.1 Å². The number of carbonyl (C=O) groups is 1. The van der Waals surface area contributed by atoms with Gasteiger partial charge in [-0.05, 0) is 31.5 Å². The summed E-state index contributed by atoms with van der Waals surface area (Å²) in [5.74, 6) is -0.625. The second-order valence-electron chi connectivity index (χ2n) is 5.53. The molecule has 1 aliphatic rings. The minimum atomic E-state index is -0.606. The zero-order chi connectivity index (χ0) is 16.9. The van der Waals surface area contributed by atoms with Gasteiger partial charge in [-0.3, -0.25) is 4.79 Å². The average Bonchev–Trinajstić information content (AvgIpc) is 3.08. The van der Waals surface area contributed by atoms with Crippen LogP contribution in [0.4, 0.5) is 16.0 Å². The number of primary amides is 1. The van der Waals surface area contributed by atoms with E-state index in [4.69, 9.17) is 10.5 Å². The molecule has 24 heavy (non-hydrogen) atoms. The zero-order valence-electron chi connectivity index (χ0n) is 13.0. The Hall–Kier alpha value is -2.74. The quantitative estimate of drug-likeness (QED) is 0.743. The smallest absolute Gasteiger partial charge is 0.251 e. The highest BCUT2D eigenvalue weighted by molar-refractivity contribution is 5.92. The lowest BCUT2D eigenvalue weighted by molar-refractivity contribution is 0.0999. The maximum absolute atomic E-state index is 14.1. The van der Waals surface area contributed by atoms with E-state index in [1.807, 2.05) is 0 Å². The fourth-order valence-electron chi connectivity index (χ4n) is 2.43. The Morgan fingerprint density at radius 3 is 2.83 bits per heavy atom. The van der Waals surface area contributed by atoms with E-state index in [0.29, 0.717) is 12.3 Å². The van der Waals surface area contributed by atoms with Crippen molar-refractivity contribution < 1.29 is 13.9 Å². The van der Waals surface area contributed by atoms with Crippen LogP contribution in [0.2, 0.25) is 0 Å². The molecule has 4 N–H and O–H groups in total. The third kappa shape index (κ3) is 3.96. The number of anilines is 2. The van der Waals surface area contributed by atoms with Gasteiger partial charge in [0.25, 0.3) is 5.91 Å². The van der Waals surface area contributed by atoms with Crippen molar-refractivity contribution in [1.29, 1.82) is 0 Å². The van der Waals surface area contributed by atoms with Gasteiger partial charge in [0.2, 0.25) is 5.95 Å². The summed E-state index contributed by atoms with van der Waals surface area (Å²) < 4.78 is 19.6. The Morgan fingerprint density at radius 1 is 1.42 bits per heavy atom. The van der Waals surface area contributed by atoms with E-state index < -0.39 is 11.7 Å². The van der Waals surface area contributed by atoms with Crippen LogP contribution in [0.1, 0.15) is 23.2 Å². The van der Waals surface area contributed by atoms with E-state index in [-0.39, 0.29) is 23.3 Å². The molecule has 2 heterocycles. The van der Waals surface area contributed by atoms with Crippen molar-refractivity contribution in [2.24, 2.45) is 5.73 Å². The van der Waals surface area contributed by atoms with Crippen LogP contribution >= 0.6 is 0 Å². The predicted molar refractivity (Wildman–Crippen MR) is 86.8 cm³/mol. The average molecular weight is 331 g/mol. The number of rotatable bonds is 6. The summed E-state index contributed by atoms with van der Waals surface area (Å²) in [5, 5.41) is 6.15. The highest BCUT2D eigenvalue weighted by Gasteiger charge is 2.15. The first-order valence-electron chi connectivity index (χ1n) is 7.66. The topological polar surface area (TPSA) is 102 Å². The van der Waals surface area contributed by atoms with Gasteiger partial charge in [-0.25, -0.2) is 14.4 Å². The monoisotopic (exact) mass is 331 g/mol. The molecule has 1 saturated heterocycles. The van der Waals surface area contributed by atoms with Crippen molar-refractivity contribution in [3.63, 3.8) is 0 Å². The number of amides is 1. The van der Waals surface area contributed by atoms with E-state index in [2.05, 4.69) is 20.6 Å². The summed E-state index contributed by atoms with van der Waals surface area (Å²) in [4.78, 5) is 18.9. The van der Waals surface area contributed by atoms with E-state index >= 15 is 0 Å². The van der Waals surface area contributed by atoms with Crippen LogP contribution in [-0.2, 0) is 0 Å². The van der Waals surface area contributed by atoms with Crippen molar-refractivity contribution in [3.05, 3.63) is 42.0 Å². The van der Waals surface area contributed by atoms with Gasteiger partial charge in [-0.15, -0.1) is 0 Å². The first-order chi connectivity index (χ1) is 11.6. The molecule has 1 aromatic carbocycles. The summed E-state index contributed by atoms with van der Waals surface area (Å²) in [6, 6.07) is 4.82. The molecule has 1 amide bonds. The van der Waals surface area contributed by atoms with Crippen LogP contribution in [-0.4, -0.2) is 35.1 Å². The summed E-state index contributed by atoms with van der Waals surface area (Å²) in [7, 11) is 0. The molecule has 0 radical (unpaired) electrons. The summed E-state index contributed by atoms with van der Waals surface area (Å²) >= 11 is 0. The molecule has 2 aromatic rings. The van der Waals surface area contributed by atoms with Crippen molar-refractivity contribution >= 4 is 17.5 Å². The van der Waals surface area contributed by atoms with Crippen LogP contribution in [0, 0.1) is 5.82 Å². The number of nitrogens with one attached hydrogen (secondary N) is 2. The highest BCUT2D eigenvalue weighted by Crippen LogP contribution is 2.23. The Labute approximate surface area is 138 Å². The molecule has 1 aromatic heterocycles. The van der Waals surface area contributed by atoms with Crippen LogP contribution in [0.5, 0.6) is 5.75 Å². The molecule has 0 aliphatic carbocycles. The van der Waals surface area contributed by atoms with Crippen LogP contribution < -0.4 is 21.1 Å². The minimum absolute atomic E-state index is 0.205. The van der Waals surface area contributed by atoms with Gasteiger partial charge < -0.3 is 21.1 Å². The van der Waals surface area contributed by atoms with Gasteiger partial charge in [0.05, 0.1) is 5.56 Å². The number of benzene rings is 1. The number of aromatic nitrogens is 2. The van der Waals surface area contributed by atoms with Crippen LogP contribution in [0.25, 0.3) is 0 Å². The molecule has 7 nitrogen and oxygen atoms in total. The Kier molecular flexibility index (Phi) is 4.85. The lowest BCUT2D eigenvalue weighted by Gasteiger charge is -2.13. The first-order valence-corrected chi connectivity index (χ1v) is 7.66. The van der Waals surface area contributed by atoms with Crippen molar-refractivity contribution in [2.75, 3.05) is 18.5 Å². The first kappa shape index (κ1) is 16.1. The van der Waals surface area contributed by atoms with Gasteiger partial charge in [0.15, 0.2) is 11.6 Å². The predicted octanol–water partition coefficient (Wildman–Crippen LogP) is 1.59. The molecule has 3 rings (SSSR count). The Balaban J connectivity index is 1.62. The van der Waals surface area contributed by atoms with Gasteiger partial charge in [-0.1, -0.05) is 0 Å². The maximum atomic E-state index is 14.1. The van der Waals surface area contributed by atoms with Crippen molar-refractivity contribution in [1.82, 2.24) is 15.3 Å². The number of nitrogens with zero attached hydrogens (tertiary/aromatic N) is 2. The minimum Gasteiger partial charge on any atom is -0.489 e. The lowest BCUT2D eigenvalue weighted by Crippen LogP contribution is -2.28. The molecule has 126 valence electrons. The molecule has 0 bridgehead atoms. The number of ether oxygens (including phenoxy) is 1. The maximum Gasteiger partial charge on any atom is 0.251 e. The highest BCUT2D eigenvalue weighted by atomic mass is 19.1. The lowest BCUT2D eigenvalue weighted by atomic mass is 10.2. The van der Waals surface area contributed by atoms with Crippen molar-refractivity contribution in [3.8, 4) is 5.75 Å². The van der Waals surface area contributed by atoms with Crippen LogP contribution in [0.15, 0.2) is 30.6 Å². The van der Waals surface area contributed by atoms with Gasteiger partial charge in [0, 0.05) is 30.2 Å². The largest absolute Gasteiger partial charge is 0.489 e. The Bertz CT molecular complexity index is 717. The summed E-state index contributed by atoms with van der Waals surface area (Å²) in [5.41, 5.74) is 5.80.